The van der Waals surface area contributed by atoms with Crippen LogP contribution in [0.25, 0.3) is 0 Å². The van der Waals surface area contributed by atoms with E-state index in [-0.39, 0.29) is 11.2 Å². The van der Waals surface area contributed by atoms with Gasteiger partial charge in [-0.2, -0.15) is 0 Å². The molecule has 0 heterocycles. The quantitative estimate of drug-likeness (QED) is 0.471. The smallest absolute Gasteiger partial charge is 0.0769 e. The molecule has 0 amide bonds. The number of quaternary nitrogens is 1. The van der Waals surface area contributed by atoms with Crippen molar-refractivity contribution in [2.24, 2.45) is 5.92 Å². The molecule has 0 spiro atoms. The topological polar surface area (TPSA) is 47.7 Å². The van der Waals surface area contributed by atoms with Gasteiger partial charge in [0.05, 0.1) is 19.7 Å². The molecule has 9 heavy (non-hydrogen) atoms. The fraction of sp³-hybridized carbons (Fsp3) is 1.00. The van der Waals surface area contributed by atoms with Crippen LogP contribution in [-0.2, 0) is 0 Å². The van der Waals surface area contributed by atoms with E-state index in [0.717, 1.165) is 12.8 Å². The number of hydrogen-bond acceptors (Lipinski definition) is 2. The summed E-state index contributed by atoms with van der Waals surface area (Å²) < 4.78 is 0. The highest BCUT2D eigenvalue weighted by atomic mass is 16.5. The van der Waals surface area contributed by atoms with E-state index in [4.69, 9.17) is 5.11 Å². The van der Waals surface area contributed by atoms with Gasteiger partial charge in [0.25, 0.3) is 0 Å². The lowest BCUT2D eigenvalue weighted by Gasteiger charge is -2.14. The van der Waals surface area contributed by atoms with E-state index in [1.54, 1.807) is 7.05 Å². The molecule has 3 nitrogen and oxygen atoms in total. The van der Waals surface area contributed by atoms with Crippen molar-refractivity contribution in [1.29, 1.82) is 0 Å². The molecule has 0 bridgehead atoms. The Labute approximate surface area is 54.9 Å². The van der Waals surface area contributed by atoms with Crippen LogP contribution < -0.4 is 5.06 Å². The molecule has 2 N–H and O–H groups in total. The SMILES string of the molecule is C[NH+]([O-])CCC1CC1O. The standard InChI is InChI=1S/C6H13NO2/c1-7(9)3-2-5-4-6(5)8/h5-8H,2-4H2,1H3. The van der Waals surface area contributed by atoms with Crippen molar-refractivity contribution in [3.63, 3.8) is 0 Å². The van der Waals surface area contributed by atoms with E-state index in [1.807, 2.05) is 0 Å². The maximum atomic E-state index is 10.4. The minimum absolute atomic E-state index is 0.0932. The zero-order valence-electron chi connectivity index (χ0n) is 5.63. The predicted octanol–water partition coefficient (Wildman–Crippen LogP) is -1.23. The summed E-state index contributed by atoms with van der Waals surface area (Å²) in [6.07, 6.45) is 1.70. The molecule has 0 aromatic heterocycles. The molecule has 1 aliphatic carbocycles. The Morgan fingerprint density at radius 3 is 2.67 bits per heavy atom. The first-order valence-electron chi connectivity index (χ1n) is 3.37. The van der Waals surface area contributed by atoms with Crippen molar-refractivity contribution in [2.45, 2.75) is 18.9 Å². The molecule has 0 saturated heterocycles. The second-order valence-electron chi connectivity index (χ2n) is 2.80. The third kappa shape index (κ3) is 2.30. The second-order valence-corrected chi connectivity index (χ2v) is 2.80. The van der Waals surface area contributed by atoms with Gasteiger partial charge < -0.3 is 15.4 Å². The third-order valence-corrected chi connectivity index (χ3v) is 1.75. The molecular formula is C6H13NO2. The molecule has 1 saturated carbocycles. The van der Waals surface area contributed by atoms with Crippen LogP contribution in [0.5, 0.6) is 0 Å². The molecular weight excluding hydrogens is 118 g/mol. The lowest BCUT2D eigenvalue weighted by atomic mass is 10.3. The lowest BCUT2D eigenvalue weighted by Crippen LogP contribution is -3.03. The van der Waals surface area contributed by atoms with Gasteiger partial charge in [-0.15, -0.1) is 0 Å². The Balaban J connectivity index is 1.94. The summed E-state index contributed by atoms with van der Waals surface area (Å²) in [4.78, 5) is 0. The first-order chi connectivity index (χ1) is 4.20. The van der Waals surface area contributed by atoms with E-state index in [9.17, 15) is 5.21 Å². The molecule has 0 aromatic rings. The van der Waals surface area contributed by atoms with Gasteiger partial charge in [0.15, 0.2) is 0 Å². The molecule has 1 rings (SSSR count). The van der Waals surface area contributed by atoms with Gasteiger partial charge in [-0.05, 0) is 12.3 Å². The van der Waals surface area contributed by atoms with Gasteiger partial charge in [0.1, 0.15) is 0 Å². The number of rotatable bonds is 3. The van der Waals surface area contributed by atoms with Crippen molar-refractivity contribution in [3.8, 4) is 0 Å². The summed E-state index contributed by atoms with van der Waals surface area (Å²) >= 11 is 0. The maximum absolute atomic E-state index is 10.4. The van der Waals surface area contributed by atoms with Gasteiger partial charge in [0, 0.05) is 6.42 Å². The van der Waals surface area contributed by atoms with Crippen molar-refractivity contribution < 1.29 is 10.2 Å². The Morgan fingerprint density at radius 1 is 1.78 bits per heavy atom. The van der Waals surface area contributed by atoms with Gasteiger partial charge in [-0.25, -0.2) is 0 Å². The number of hydrogen-bond donors (Lipinski definition) is 2. The molecule has 1 aliphatic rings. The molecule has 3 atom stereocenters. The van der Waals surface area contributed by atoms with E-state index < -0.39 is 0 Å². The molecule has 54 valence electrons. The highest BCUT2D eigenvalue weighted by Crippen LogP contribution is 2.32. The van der Waals surface area contributed by atoms with Crippen LogP contribution >= 0.6 is 0 Å². The van der Waals surface area contributed by atoms with Crippen molar-refractivity contribution >= 4 is 0 Å². The summed E-state index contributed by atoms with van der Waals surface area (Å²) in [6, 6.07) is 0. The first kappa shape index (κ1) is 6.99. The van der Waals surface area contributed by atoms with Crippen LogP contribution in [0, 0.1) is 11.1 Å². The molecule has 3 unspecified atom stereocenters. The van der Waals surface area contributed by atoms with E-state index in [0.29, 0.717) is 12.5 Å². The number of aliphatic hydroxyl groups is 1. The normalized spacial score (nSPS) is 36.3. The maximum Gasteiger partial charge on any atom is 0.0769 e. The molecule has 3 heteroatoms. The third-order valence-electron chi connectivity index (χ3n) is 1.75. The van der Waals surface area contributed by atoms with Crippen LogP contribution in [0.4, 0.5) is 0 Å². The second kappa shape index (κ2) is 2.64. The zero-order valence-corrected chi connectivity index (χ0v) is 5.63. The number of nitrogens with one attached hydrogen (secondary N) is 1. The minimum Gasteiger partial charge on any atom is -0.634 e. The number of aliphatic hydroxyl groups excluding tert-OH is 1. The highest BCUT2D eigenvalue weighted by molar-refractivity contribution is 4.84. The van der Waals surface area contributed by atoms with Crippen LogP contribution in [0.3, 0.4) is 0 Å². The van der Waals surface area contributed by atoms with Gasteiger partial charge in [-0.1, -0.05) is 0 Å². The zero-order chi connectivity index (χ0) is 6.85. The molecule has 0 aliphatic heterocycles. The summed E-state index contributed by atoms with van der Waals surface area (Å²) in [6.45, 7) is 0.641. The van der Waals surface area contributed by atoms with Crippen LogP contribution in [-0.4, -0.2) is 24.8 Å². The van der Waals surface area contributed by atoms with Gasteiger partial charge in [0.2, 0.25) is 0 Å². The average molecular weight is 131 g/mol. The summed E-state index contributed by atoms with van der Waals surface area (Å²) in [5, 5.41) is 19.5. The summed E-state index contributed by atoms with van der Waals surface area (Å²) in [7, 11) is 1.59. The minimum atomic E-state index is -0.0932. The fourth-order valence-corrected chi connectivity index (χ4v) is 0.931. The van der Waals surface area contributed by atoms with Gasteiger partial charge >= 0.3 is 0 Å². The van der Waals surface area contributed by atoms with Crippen LogP contribution in [0.1, 0.15) is 12.8 Å². The van der Waals surface area contributed by atoms with E-state index >= 15 is 0 Å². The monoisotopic (exact) mass is 131 g/mol. The molecule has 0 radical (unpaired) electrons. The Morgan fingerprint density at radius 2 is 2.33 bits per heavy atom. The molecule has 1 fully saturated rings. The van der Waals surface area contributed by atoms with Crippen LogP contribution in [0.2, 0.25) is 0 Å². The molecule has 0 aromatic carbocycles. The predicted molar refractivity (Wildman–Crippen MR) is 33.9 cm³/mol. The van der Waals surface area contributed by atoms with Crippen LogP contribution in [0.15, 0.2) is 0 Å². The van der Waals surface area contributed by atoms with Crippen molar-refractivity contribution in [1.82, 2.24) is 0 Å². The van der Waals surface area contributed by atoms with Crippen molar-refractivity contribution in [3.05, 3.63) is 5.21 Å². The largest absolute Gasteiger partial charge is 0.634 e. The number of hydroxylamine groups is 2. The fourth-order valence-electron chi connectivity index (χ4n) is 0.931. The Hall–Kier alpha value is -0.120. The highest BCUT2D eigenvalue weighted by Gasteiger charge is 2.34. The van der Waals surface area contributed by atoms with E-state index in [1.165, 1.54) is 0 Å². The summed E-state index contributed by atoms with van der Waals surface area (Å²) in [5.74, 6) is 0.439. The van der Waals surface area contributed by atoms with Crippen molar-refractivity contribution in [2.75, 3.05) is 13.6 Å². The first-order valence-corrected chi connectivity index (χ1v) is 3.37. The average Bonchev–Trinajstić information content (AvgIpc) is 2.42. The summed E-state index contributed by atoms with van der Waals surface area (Å²) in [5.41, 5.74) is 0. The Kier molecular flexibility index (Phi) is 2.05. The van der Waals surface area contributed by atoms with E-state index in [2.05, 4.69) is 0 Å². The Bertz CT molecular complexity index is 95.1. The lowest BCUT2D eigenvalue weighted by molar-refractivity contribution is -0.826. The van der Waals surface area contributed by atoms with Gasteiger partial charge in [-0.3, -0.25) is 0 Å².